The van der Waals surface area contributed by atoms with Crippen molar-refractivity contribution >= 4 is 18.0 Å². The van der Waals surface area contributed by atoms with Gasteiger partial charge in [-0.3, -0.25) is 4.98 Å². The molecule has 0 N–H and O–H groups in total. The number of nitrogens with zero attached hydrogens (tertiary/aromatic N) is 1. The summed E-state index contributed by atoms with van der Waals surface area (Å²) in [4.78, 5) is 29.1. The highest BCUT2D eigenvalue weighted by molar-refractivity contribution is 6.02. The van der Waals surface area contributed by atoms with Gasteiger partial charge in [0.1, 0.15) is 0 Å². The molecule has 0 aliphatic heterocycles. The monoisotopic (exact) mass is 333 g/mol. The van der Waals surface area contributed by atoms with E-state index in [-0.39, 0.29) is 13.2 Å². The van der Waals surface area contributed by atoms with E-state index in [4.69, 9.17) is 9.47 Å². The smallest absolute Gasteiger partial charge is 0.340 e. The number of pyridine rings is 1. The Kier molecular flexibility index (Phi) is 8.16. The fourth-order valence-corrected chi connectivity index (χ4v) is 2.49. The summed E-state index contributed by atoms with van der Waals surface area (Å²) >= 11 is 0. The van der Waals surface area contributed by atoms with Crippen molar-refractivity contribution in [3.05, 3.63) is 34.2 Å². The third kappa shape index (κ3) is 4.91. The Balaban J connectivity index is 3.49. The first-order valence-electron chi connectivity index (χ1n) is 8.49. The second-order valence-electron chi connectivity index (χ2n) is 5.43. The molecule has 0 aliphatic carbocycles. The van der Waals surface area contributed by atoms with E-state index in [2.05, 4.69) is 11.9 Å². The second-order valence-corrected chi connectivity index (χ2v) is 5.43. The summed E-state index contributed by atoms with van der Waals surface area (Å²) in [5.41, 5.74) is 2.30. The average molecular weight is 333 g/mol. The maximum absolute atomic E-state index is 12.4. The fraction of sp³-hybridized carbons (Fsp3) is 0.526. The Labute approximate surface area is 144 Å². The Bertz CT molecular complexity index is 578. The highest BCUT2D eigenvalue weighted by Crippen LogP contribution is 2.24. The zero-order valence-corrected chi connectivity index (χ0v) is 15.3. The van der Waals surface area contributed by atoms with Crippen LogP contribution in [0.15, 0.2) is 6.08 Å². The van der Waals surface area contributed by atoms with Crippen LogP contribution < -0.4 is 0 Å². The number of aromatic nitrogens is 1. The molecule has 0 aromatic carbocycles. The van der Waals surface area contributed by atoms with E-state index in [1.54, 1.807) is 27.7 Å². The molecule has 0 bridgehead atoms. The summed E-state index contributed by atoms with van der Waals surface area (Å²) in [6, 6.07) is 0. The largest absolute Gasteiger partial charge is 0.462 e. The van der Waals surface area contributed by atoms with Gasteiger partial charge in [-0.25, -0.2) is 9.59 Å². The quantitative estimate of drug-likeness (QED) is 0.525. The molecular weight excluding hydrogens is 306 g/mol. The van der Waals surface area contributed by atoms with Gasteiger partial charge in [-0.15, -0.1) is 0 Å². The van der Waals surface area contributed by atoms with Crippen molar-refractivity contribution in [1.29, 1.82) is 0 Å². The Morgan fingerprint density at radius 1 is 0.958 bits per heavy atom. The summed E-state index contributed by atoms with van der Waals surface area (Å²) in [6.45, 7) is 9.63. The number of rotatable bonds is 8. The lowest BCUT2D eigenvalue weighted by atomic mass is 9.97. The van der Waals surface area contributed by atoms with Gasteiger partial charge in [0.05, 0.1) is 35.7 Å². The molecule has 1 rings (SSSR count). The molecule has 132 valence electrons. The number of esters is 2. The van der Waals surface area contributed by atoms with Crippen molar-refractivity contribution in [2.75, 3.05) is 13.2 Å². The molecule has 0 saturated heterocycles. The number of carbonyl (C=O) groups excluding carboxylic acids is 2. The average Bonchev–Trinajstić information content (AvgIpc) is 2.51. The van der Waals surface area contributed by atoms with E-state index in [0.717, 1.165) is 19.3 Å². The predicted octanol–water partition coefficient (Wildman–Crippen LogP) is 4.26. The number of allylic oxidation sites excluding steroid dienone is 1. The minimum Gasteiger partial charge on any atom is -0.462 e. The lowest BCUT2D eigenvalue weighted by Gasteiger charge is -2.15. The Hall–Kier alpha value is -2.17. The molecular formula is C19H27NO4. The lowest BCUT2D eigenvalue weighted by molar-refractivity contribution is 0.0522. The van der Waals surface area contributed by atoms with Gasteiger partial charge in [-0.1, -0.05) is 31.9 Å². The molecule has 1 aromatic heterocycles. The maximum Gasteiger partial charge on any atom is 0.340 e. The molecule has 0 unspecified atom stereocenters. The molecule has 1 aromatic rings. The molecule has 1 heterocycles. The highest BCUT2D eigenvalue weighted by Gasteiger charge is 2.25. The van der Waals surface area contributed by atoms with Crippen LogP contribution in [0, 0.1) is 13.8 Å². The third-order valence-electron chi connectivity index (χ3n) is 3.57. The molecule has 0 aliphatic rings. The van der Waals surface area contributed by atoms with E-state index < -0.39 is 11.9 Å². The SMILES string of the molecule is CCCCC=Cc1c(C(=O)OCC)c(C)nc(C)c1C(=O)OCC. The molecule has 0 saturated carbocycles. The van der Waals surface area contributed by atoms with Crippen molar-refractivity contribution in [3.8, 4) is 0 Å². The fourth-order valence-electron chi connectivity index (χ4n) is 2.49. The van der Waals surface area contributed by atoms with E-state index in [9.17, 15) is 9.59 Å². The molecule has 24 heavy (non-hydrogen) atoms. The van der Waals surface area contributed by atoms with Crippen molar-refractivity contribution in [1.82, 2.24) is 4.98 Å². The summed E-state index contributed by atoms with van der Waals surface area (Å²) in [5.74, 6) is -0.939. The van der Waals surface area contributed by atoms with Crippen LogP contribution in [0.4, 0.5) is 0 Å². The molecule has 5 heteroatoms. The predicted molar refractivity (Wildman–Crippen MR) is 94.2 cm³/mol. The van der Waals surface area contributed by atoms with Crippen LogP contribution in [-0.4, -0.2) is 30.1 Å². The van der Waals surface area contributed by atoms with Gasteiger partial charge in [0, 0.05) is 5.56 Å². The van der Waals surface area contributed by atoms with Gasteiger partial charge in [-0.05, 0) is 34.1 Å². The highest BCUT2D eigenvalue weighted by atomic mass is 16.5. The van der Waals surface area contributed by atoms with E-state index in [0.29, 0.717) is 28.1 Å². The first-order valence-corrected chi connectivity index (χ1v) is 8.49. The molecule has 0 atom stereocenters. The molecule has 0 amide bonds. The van der Waals surface area contributed by atoms with Crippen LogP contribution in [0.1, 0.15) is 77.7 Å². The van der Waals surface area contributed by atoms with E-state index in [1.165, 1.54) is 0 Å². The van der Waals surface area contributed by atoms with Crippen molar-refractivity contribution in [2.45, 2.75) is 53.9 Å². The Morgan fingerprint density at radius 3 is 1.88 bits per heavy atom. The maximum atomic E-state index is 12.4. The van der Waals surface area contributed by atoms with Crippen LogP contribution in [0.2, 0.25) is 0 Å². The topological polar surface area (TPSA) is 65.5 Å². The standard InChI is InChI=1S/C19H27NO4/c1-6-9-10-11-12-15-16(18(21)23-7-2)13(4)20-14(5)17(15)19(22)24-8-3/h11-12H,6-10H2,1-5H3. The van der Waals surface area contributed by atoms with Gasteiger partial charge < -0.3 is 9.47 Å². The third-order valence-corrected chi connectivity index (χ3v) is 3.57. The first kappa shape index (κ1) is 19.9. The van der Waals surface area contributed by atoms with Crippen LogP contribution in [-0.2, 0) is 9.47 Å². The number of aryl methyl sites for hydroxylation is 2. The van der Waals surface area contributed by atoms with Crippen LogP contribution in [0.5, 0.6) is 0 Å². The molecule has 0 fully saturated rings. The second kappa shape index (κ2) is 9.85. The zero-order valence-electron chi connectivity index (χ0n) is 15.3. The summed E-state index contributed by atoms with van der Waals surface area (Å²) in [6.07, 6.45) is 6.79. The molecule has 0 spiro atoms. The summed E-state index contributed by atoms with van der Waals surface area (Å²) in [7, 11) is 0. The number of ether oxygens (including phenoxy) is 2. The number of hydrogen-bond donors (Lipinski definition) is 0. The van der Waals surface area contributed by atoms with Gasteiger partial charge in [-0.2, -0.15) is 0 Å². The molecule has 5 nitrogen and oxygen atoms in total. The van der Waals surface area contributed by atoms with Gasteiger partial charge >= 0.3 is 11.9 Å². The van der Waals surface area contributed by atoms with E-state index >= 15 is 0 Å². The Morgan fingerprint density at radius 2 is 1.46 bits per heavy atom. The number of unbranched alkanes of at least 4 members (excludes halogenated alkanes) is 2. The van der Waals surface area contributed by atoms with Crippen molar-refractivity contribution in [3.63, 3.8) is 0 Å². The normalized spacial score (nSPS) is 10.9. The van der Waals surface area contributed by atoms with Gasteiger partial charge in [0.2, 0.25) is 0 Å². The van der Waals surface area contributed by atoms with Crippen LogP contribution >= 0.6 is 0 Å². The number of hydrogen-bond acceptors (Lipinski definition) is 5. The van der Waals surface area contributed by atoms with Gasteiger partial charge in [0.25, 0.3) is 0 Å². The minimum atomic E-state index is -0.469. The molecule has 0 radical (unpaired) electrons. The number of carbonyl (C=O) groups is 2. The minimum absolute atomic E-state index is 0.264. The lowest BCUT2D eigenvalue weighted by Crippen LogP contribution is -2.17. The summed E-state index contributed by atoms with van der Waals surface area (Å²) < 4.78 is 10.3. The zero-order chi connectivity index (χ0) is 18.1. The van der Waals surface area contributed by atoms with Crippen LogP contribution in [0.25, 0.3) is 6.08 Å². The first-order chi connectivity index (χ1) is 11.5. The van der Waals surface area contributed by atoms with Crippen LogP contribution in [0.3, 0.4) is 0 Å². The van der Waals surface area contributed by atoms with E-state index in [1.807, 2.05) is 12.2 Å². The van der Waals surface area contributed by atoms with Crippen molar-refractivity contribution in [2.24, 2.45) is 0 Å². The summed E-state index contributed by atoms with van der Waals surface area (Å²) in [5, 5.41) is 0. The van der Waals surface area contributed by atoms with Gasteiger partial charge in [0.15, 0.2) is 0 Å². The van der Waals surface area contributed by atoms with Crippen molar-refractivity contribution < 1.29 is 19.1 Å².